The van der Waals surface area contributed by atoms with Crippen molar-refractivity contribution in [1.82, 2.24) is 24.9 Å². The Kier molecular flexibility index (Phi) is 3.03. The quantitative estimate of drug-likeness (QED) is 0.703. The molecule has 0 aliphatic carbocycles. The van der Waals surface area contributed by atoms with Gasteiger partial charge in [-0.15, -0.1) is 0 Å². The minimum absolute atomic E-state index is 0.0982. The second kappa shape index (κ2) is 4.86. The highest BCUT2D eigenvalue weighted by Crippen LogP contribution is 2.18. The average molecular weight is 289 g/mol. The summed E-state index contributed by atoms with van der Waals surface area (Å²) < 4.78 is 0. The number of halogens is 1. The number of nitrogens with zero attached hydrogens (tertiary/aromatic N) is 4. The van der Waals surface area contributed by atoms with E-state index in [1.54, 1.807) is 12.3 Å². The first-order chi connectivity index (χ1) is 9.63. The number of carbonyl (C=O) groups excluding carboxylic acids is 1. The van der Waals surface area contributed by atoms with Gasteiger partial charge in [0.1, 0.15) is 5.52 Å². The average Bonchev–Trinajstić information content (AvgIpc) is 2.87. The molecule has 0 aliphatic heterocycles. The molecule has 3 aromatic heterocycles. The lowest BCUT2D eigenvalue weighted by atomic mass is 10.2. The summed E-state index contributed by atoms with van der Waals surface area (Å²) in [4.78, 5) is 30.9. The van der Waals surface area contributed by atoms with Gasteiger partial charge in [-0.25, -0.2) is 4.98 Å². The Hall–Kier alpha value is -2.54. The molecule has 3 aromatic rings. The summed E-state index contributed by atoms with van der Waals surface area (Å²) in [7, 11) is 0. The molecule has 0 radical (unpaired) electrons. The number of anilines is 1. The maximum absolute atomic E-state index is 12.0. The second-order valence-corrected chi connectivity index (χ2v) is 4.50. The van der Waals surface area contributed by atoms with Crippen LogP contribution < -0.4 is 5.32 Å². The van der Waals surface area contributed by atoms with Gasteiger partial charge in [-0.2, -0.15) is 9.97 Å². The molecule has 2 N–H and O–H groups in total. The van der Waals surface area contributed by atoms with E-state index in [1.165, 1.54) is 12.5 Å². The van der Waals surface area contributed by atoms with Crippen LogP contribution in [-0.2, 0) is 0 Å². The molecule has 3 heterocycles. The van der Waals surface area contributed by atoms with Crippen LogP contribution in [0.15, 0.2) is 24.8 Å². The van der Waals surface area contributed by atoms with E-state index < -0.39 is 0 Å². The van der Waals surface area contributed by atoms with Crippen LogP contribution in [0.3, 0.4) is 0 Å². The first-order valence-electron chi connectivity index (χ1n) is 5.73. The van der Waals surface area contributed by atoms with Crippen molar-refractivity contribution < 1.29 is 4.79 Å². The molecule has 0 saturated heterocycles. The van der Waals surface area contributed by atoms with E-state index in [4.69, 9.17) is 11.6 Å². The lowest BCUT2D eigenvalue weighted by Crippen LogP contribution is -2.14. The lowest BCUT2D eigenvalue weighted by Gasteiger charge is -2.04. The van der Waals surface area contributed by atoms with Crippen molar-refractivity contribution >= 4 is 34.6 Å². The zero-order valence-corrected chi connectivity index (χ0v) is 11.1. The minimum atomic E-state index is -0.354. The van der Waals surface area contributed by atoms with Crippen LogP contribution in [0.4, 0.5) is 5.95 Å². The van der Waals surface area contributed by atoms with Crippen LogP contribution in [-0.4, -0.2) is 30.8 Å². The van der Waals surface area contributed by atoms with Crippen molar-refractivity contribution in [2.24, 2.45) is 0 Å². The predicted molar refractivity (Wildman–Crippen MR) is 73.6 cm³/mol. The molecule has 3 rings (SSSR count). The number of imidazole rings is 1. The zero-order chi connectivity index (χ0) is 14.1. The number of hydrogen-bond acceptors (Lipinski definition) is 5. The van der Waals surface area contributed by atoms with Crippen LogP contribution in [0, 0.1) is 6.92 Å². The number of aryl methyl sites for hydroxylation is 1. The third kappa shape index (κ3) is 2.30. The van der Waals surface area contributed by atoms with Crippen molar-refractivity contribution in [3.8, 4) is 0 Å². The molecule has 0 spiro atoms. The number of nitrogens with one attached hydrogen (secondary N) is 2. The van der Waals surface area contributed by atoms with Crippen molar-refractivity contribution in [3.05, 3.63) is 41.1 Å². The lowest BCUT2D eigenvalue weighted by molar-refractivity contribution is 0.102. The molecule has 8 heteroatoms. The fraction of sp³-hybridized carbons (Fsp3) is 0.0833. The van der Waals surface area contributed by atoms with E-state index in [9.17, 15) is 4.79 Å². The molecule has 0 aliphatic rings. The highest BCUT2D eigenvalue weighted by Gasteiger charge is 2.12. The van der Waals surface area contributed by atoms with E-state index in [1.807, 2.05) is 6.92 Å². The van der Waals surface area contributed by atoms with Gasteiger partial charge in [0, 0.05) is 12.4 Å². The SMILES string of the molecule is Cc1cncc(C(=O)Nc2nc(Cl)c3[nH]cnc3n2)c1. The van der Waals surface area contributed by atoms with Gasteiger partial charge in [-0.05, 0) is 18.6 Å². The molecule has 0 aromatic carbocycles. The molecule has 1 amide bonds. The molecule has 0 unspecified atom stereocenters. The van der Waals surface area contributed by atoms with E-state index in [0.29, 0.717) is 16.7 Å². The number of aromatic amines is 1. The van der Waals surface area contributed by atoms with Gasteiger partial charge in [0.2, 0.25) is 5.95 Å². The Bertz CT molecular complexity index is 799. The Morgan fingerprint density at radius 2 is 2.20 bits per heavy atom. The summed E-state index contributed by atoms with van der Waals surface area (Å²) in [6, 6.07) is 1.72. The van der Waals surface area contributed by atoms with E-state index in [0.717, 1.165) is 5.56 Å². The van der Waals surface area contributed by atoms with Crippen molar-refractivity contribution in [1.29, 1.82) is 0 Å². The zero-order valence-electron chi connectivity index (χ0n) is 10.4. The Morgan fingerprint density at radius 3 is 3.00 bits per heavy atom. The van der Waals surface area contributed by atoms with Gasteiger partial charge < -0.3 is 4.98 Å². The monoisotopic (exact) mass is 288 g/mol. The molecular formula is C12H9ClN6O. The van der Waals surface area contributed by atoms with Crippen molar-refractivity contribution in [2.75, 3.05) is 5.32 Å². The maximum atomic E-state index is 12.0. The number of H-pyrrole nitrogens is 1. The second-order valence-electron chi connectivity index (χ2n) is 4.14. The largest absolute Gasteiger partial charge is 0.341 e. The number of pyridine rings is 1. The highest BCUT2D eigenvalue weighted by molar-refractivity contribution is 6.33. The van der Waals surface area contributed by atoms with E-state index in [-0.39, 0.29) is 17.0 Å². The summed E-state index contributed by atoms with van der Waals surface area (Å²) >= 11 is 5.97. The maximum Gasteiger partial charge on any atom is 0.259 e. The van der Waals surface area contributed by atoms with Gasteiger partial charge in [0.25, 0.3) is 5.91 Å². The van der Waals surface area contributed by atoms with Gasteiger partial charge in [0.15, 0.2) is 10.8 Å². The number of aromatic nitrogens is 5. The van der Waals surface area contributed by atoms with Crippen LogP contribution in [0.5, 0.6) is 0 Å². The molecule has 100 valence electrons. The molecule has 20 heavy (non-hydrogen) atoms. The van der Waals surface area contributed by atoms with Crippen molar-refractivity contribution in [3.63, 3.8) is 0 Å². The number of amides is 1. The van der Waals surface area contributed by atoms with Crippen molar-refractivity contribution in [2.45, 2.75) is 6.92 Å². The highest BCUT2D eigenvalue weighted by atomic mass is 35.5. The minimum Gasteiger partial charge on any atom is -0.341 e. The van der Waals surface area contributed by atoms with Crippen LogP contribution in [0.1, 0.15) is 15.9 Å². The number of hydrogen-bond donors (Lipinski definition) is 2. The van der Waals surface area contributed by atoms with E-state index >= 15 is 0 Å². The molecule has 0 atom stereocenters. The molecule has 0 saturated carbocycles. The standard InChI is InChI=1S/C12H9ClN6O/c1-6-2-7(4-14-3-6)11(20)19-12-17-9(13)8-10(18-12)16-5-15-8/h2-5H,1H3,(H2,15,16,17,18,19,20). The summed E-state index contributed by atoms with van der Waals surface area (Å²) in [5.74, 6) is -0.256. The Balaban J connectivity index is 1.91. The predicted octanol–water partition coefficient (Wildman–Crippen LogP) is 1.96. The number of fused-ring (bicyclic) bond motifs is 1. The van der Waals surface area contributed by atoms with Gasteiger partial charge >= 0.3 is 0 Å². The normalized spacial score (nSPS) is 10.7. The van der Waals surface area contributed by atoms with Gasteiger partial charge in [-0.1, -0.05) is 11.6 Å². The molecular weight excluding hydrogens is 280 g/mol. The molecule has 7 nitrogen and oxygen atoms in total. The van der Waals surface area contributed by atoms with E-state index in [2.05, 4.69) is 30.2 Å². The fourth-order valence-electron chi connectivity index (χ4n) is 1.71. The molecule has 0 bridgehead atoms. The fourth-order valence-corrected chi connectivity index (χ4v) is 1.93. The van der Waals surface area contributed by atoms with Crippen LogP contribution in [0.25, 0.3) is 11.2 Å². The summed E-state index contributed by atoms with van der Waals surface area (Å²) in [6.07, 6.45) is 4.60. The summed E-state index contributed by atoms with van der Waals surface area (Å²) in [5, 5.41) is 2.77. The Labute approximate surface area is 118 Å². The smallest absolute Gasteiger partial charge is 0.259 e. The van der Waals surface area contributed by atoms with Gasteiger partial charge in [0.05, 0.1) is 11.9 Å². The summed E-state index contributed by atoms with van der Waals surface area (Å²) in [6.45, 7) is 1.85. The molecule has 0 fully saturated rings. The Morgan fingerprint density at radius 1 is 1.35 bits per heavy atom. The number of rotatable bonds is 2. The van der Waals surface area contributed by atoms with Crippen LogP contribution in [0.2, 0.25) is 5.15 Å². The third-order valence-electron chi connectivity index (χ3n) is 2.60. The van der Waals surface area contributed by atoms with Crippen LogP contribution >= 0.6 is 11.6 Å². The first kappa shape index (κ1) is 12.5. The number of carbonyl (C=O) groups is 1. The van der Waals surface area contributed by atoms with Gasteiger partial charge in [-0.3, -0.25) is 15.1 Å². The first-order valence-corrected chi connectivity index (χ1v) is 6.11. The third-order valence-corrected chi connectivity index (χ3v) is 2.88. The topological polar surface area (TPSA) is 96.5 Å². The summed E-state index contributed by atoms with van der Waals surface area (Å²) in [5.41, 5.74) is 2.23.